The van der Waals surface area contributed by atoms with Gasteiger partial charge in [-0.15, -0.1) is 6.58 Å². The quantitative estimate of drug-likeness (QED) is 0.237. The summed E-state index contributed by atoms with van der Waals surface area (Å²) in [6.07, 6.45) is 12.8. The highest BCUT2D eigenvalue weighted by Crippen LogP contribution is 2.30. The molecule has 2 aliphatic heterocycles. The van der Waals surface area contributed by atoms with Crippen LogP contribution >= 0.6 is 0 Å². The predicted octanol–water partition coefficient (Wildman–Crippen LogP) is 4.67. The van der Waals surface area contributed by atoms with Crippen LogP contribution in [-0.2, 0) is 22.6 Å². The van der Waals surface area contributed by atoms with E-state index in [1.807, 2.05) is 18.2 Å². The Labute approximate surface area is 204 Å². The summed E-state index contributed by atoms with van der Waals surface area (Å²) in [5.41, 5.74) is 3.18. The highest BCUT2D eigenvalue weighted by molar-refractivity contribution is 6.05. The maximum atomic E-state index is 13.0. The monoisotopic (exact) mass is 467 g/mol. The Morgan fingerprint density at radius 2 is 1.85 bits per heavy atom. The van der Waals surface area contributed by atoms with Crippen LogP contribution in [0.3, 0.4) is 0 Å². The number of nitrogens with one attached hydrogen (secondary N) is 2. The molecule has 3 rings (SSSR count). The van der Waals surface area contributed by atoms with Gasteiger partial charge >= 0.3 is 0 Å². The van der Waals surface area contributed by atoms with E-state index in [-0.39, 0.29) is 29.7 Å². The SMILES string of the molecule is C=CCC(CC)(CC)NCCCCCCCc1cccc2c1CN(C1CCC(=O)NC1=O)C2=O. The normalized spacial score (nSPS) is 18.2. The summed E-state index contributed by atoms with van der Waals surface area (Å²) in [6.45, 7) is 9.93. The van der Waals surface area contributed by atoms with Gasteiger partial charge in [-0.1, -0.05) is 51.3 Å². The number of benzene rings is 1. The number of nitrogens with zero attached hydrogens (tertiary/aromatic N) is 1. The van der Waals surface area contributed by atoms with Gasteiger partial charge in [-0.2, -0.15) is 0 Å². The van der Waals surface area contributed by atoms with Crippen molar-refractivity contribution in [2.24, 2.45) is 0 Å². The lowest BCUT2D eigenvalue weighted by atomic mass is 9.89. The van der Waals surface area contributed by atoms with E-state index in [4.69, 9.17) is 0 Å². The van der Waals surface area contributed by atoms with Crippen LogP contribution in [0, 0.1) is 0 Å². The average molecular weight is 468 g/mol. The molecule has 1 atom stereocenters. The van der Waals surface area contributed by atoms with E-state index in [1.54, 1.807) is 4.90 Å². The fourth-order valence-corrected chi connectivity index (χ4v) is 5.35. The highest BCUT2D eigenvalue weighted by atomic mass is 16.2. The molecule has 1 aromatic rings. The fraction of sp³-hybridized carbons (Fsp3) is 0.607. The minimum atomic E-state index is -0.551. The van der Waals surface area contributed by atoms with E-state index in [0.717, 1.165) is 44.2 Å². The van der Waals surface area contributed by atoms with E-state index in [0.29, 0.717) is 18.5 Å². The molecule has 2 heterocycles. The summed E-state index contributed by atoms with van der Waals surface area (Å²) in [4.78, 5) is 38.3. The van der Waals surface area contributed by atoms with E-state index in [1.165, 1.54) is 31.2 Å². The first kappa shape index (κ1) is 26.1. The van der Waals surface area contributed by atoms with Crippen molar-refractivity contribution in [2.45, 2.75) is 103 Å². The van der Waals surface area contributed by atoms with Gasteiger partial charge in [0.1, 0.15) is 6.04 Å². The van der Waals surface area contributed by atoms with Crippen LogP contribution in [0.15, 0.2) is 30.9 Å². The summed E-state index contributed by atoms with van der Waals surface area (Å²) in [5.74, 6) is -0.702. The summed E-state index contributed by atoms with van der Waals surface area (Å²) in [7, 11) is 0. The van der Waals surface area contributed by atoms with Gasteiger partial charge in [-0.3, -0.25) is 19.7 Å². The maximum Gasteiger partial charge on any atom is 0.255 e. The topological polar surface area (TPSA) is 78.5 Å². The number of carbonyl (C=O) groups excluding carboxylic acids is 3. The Balaban J connectivity index is 1.42. The third-order valence-electron chi connectivity index (χ3n) is 7.69. The van der Waals surface area contributed by atoms with Crippen LogP contribution in [0.5, 0.6) is 0 Å². The Hall–Kier alpha value is -2.47. The van der Waals surface area contributed by atoms with Gasteiger partial charge in [0.15, 0.2) is 0 Å². The molecule has 1 saturated heterocycles. The molecule has 2 N–H and O–H groups in total. The number of amides is 3. The molecule has 1 fully saturated rings. The van der Waals surface area contributed by atoms with Crippen molar-refractivity contribution in [1.29, 1.82) is 0 Å². The Morgan fingerprint density at radius 1 is 1.12 bits per heavy atom. The van der Waals surface area contributed by atoms with Crippen LogP contribution in [0.4, 0.5) is 0 Å². The van der Waals surface area contributed by atoms with Crippen LogP contribution in [-0.4, -0.2) is 40.7 Å². The number of fused-ring (bicyclic) bond motifs is 1. The third kappa shape index (κ3) is 6.15. The van der Waals surface area contributed by atoms with Crippen molar-refractivity contribution >= 4 is 17.7 Å². The fourth-order valence-electron chi connectivity index (χ4n) is 5.35. The molecule has 0 spiro atoms. The molecule has 0 aromatic heterocycles. The summed E-state index contributed by atoms with van der Waals surface area (Å²) in [6, 6.07) is 5.37. The second-order valence-corrected chi connectivity index (χ2v) is 9.77. The molecular formula is C28H41N3O3. The zero-order valence-electron chi connectivity index (χ0n) is 21.0. The average Bonchev–Trinajstić information content (AvgIpc) is 3.17. The second-order valence-electron chi connectivity index (χ2n) is 9.77. The van der Waals surface area contributed by atoms with Crippen molar-refractivity contribution in [3.05, 3.63) is 47.5 Å². The largest absolute Gasteiger partial charge is 0.322 e. The number of hydrogen-bond donors (Lipinski definition) is 2. The number of hydrogen-bond acceptors (Lipinski definition) is 4. The summed E-state index contributed by atoms with van der Waals surface area (Å²) in [5, 5.41) is 6.14. The molecule has 2 aliphatic rings. The molecule has 0 bridgehead atoms. The van der Waals surface area contributed by atoms with Crippen LogP contribution in [0.2, 0.25) is 0 Å². The molecule has 34 heavy (non-hydrogen) atoms. The lowest BCUT2D eigenvalue weighted by Gasteiger charge is -2.32. The minimum Gasteiger partial charge on any atom is -0.322 e. The Morgan fingerprint density at radius 3 is 2.56 bits per heavy atom. The third-order valence-corrected chi connectivity index (χ3v) is 7.69. The molecule has 1 unspecified atom stereocenters. The van der Waals surface area contributed by atoms with Crippen molar-refractivity contribution in [3.63, 3.8) is 0 Å². The van der Waals surface area contributed by atoms with Gasteiger partial charge in [0, 0.05) is 24.1 Å². The number of carbonyl (C=O) groups is 3. The number of unbranched alkanes of at least 4 members (excludes halogenated alkanes) is 4. The molecule has 0 radical (unpaired) electrons. The second kappa shape index (κ2) is 12.3. The first-order valence-electron chi connectivity index (χ1n) is 13.1. The zero-order chi connectivity index (χ0) is 24.6. The zero-order valence-corrected chi connectivity index (χ0v) is 21.0. The highest BCUT2D eigenvalue weighted by Gasteiger charge is 2.39. The molecular weight excluding hydrogens is 426 g/mol. The maximum absolute atomic E-state index is 13.0. The van der Waals surface area contributed by atoms with Crippen molar-refractivity contribution in [2.75, 3.05) is 6.54 Å². The standard InChI is InChI=1S/C28H41N3O3/c1-4-18-28(5-2,6-3)29-19-11-9-7-8-10-13-21-14-12-15-22-23(21)20-31(27(22)34)24-16-17-25(32)30-26(24)33/h4,12,14-15,24,29H,1,5-11,13,16-20H2,2-3H3,(H,30,32,33). The van der Waals surface area contributed by atoms with Gasteiger partial charge in [0.05, 0.1) is 0 Å². The Kier molecular flexibility index (Phi) is 9.45. The first-order chi connectivity index (χ1) is 16.4. The van der Waals surface area contributed by atoms with Gasteiger partial charge in [-0.25, -0.2) is 0 Å². The van der Waals surface area contributed by atoms with Crippen LogP contribution in [0.25, 0.3) is 0 Å². The smallest absolute Gasteiger partial charge is 0.255 e. The van der Waals surface area contributed by atoms with Crippen molar-refractivity contribution < 1.29 is 14.4 Å². The van der Waals surface area contributed by atoms with E-state index < -0.39 is 6.04 Å². The lowest BCUT2D eigenvalue weighted by Crippen LogP contribution is -2.52. The predicted molar refractivity (Wildman–Crippen MR) is 135 cm³/mol. The Bertz CT molecular complexity index is 891. The number of rotatable bonds is 14. The van der Waals surface area contributed by atoms with E-state index in [9.17, 15) is 14.4 Å². The van der Waals surface area contributed by atoms with Crippen molar-refractivity contribution in [3.8, 4) is 0 Å². The molecule has 3 amide bonds. The minimum absolute atomic E-state index is 0.0921. The number of aryl methyl sites for hydroxylation is 1. The van der Waals surface area contributed by atoms with E-state index >= 15 is 0 Å². The lowest BCUT2D eigenvalue weighted by molar-refractivity contribution is -0.136. The van der Waals surface area contributed by atoms with Gasteiger partial charge in [0.2, 0.25) is 11.8 Å². The van der Waals surface area contributed by atoms with Gasteiger partial charge in [0.25, 0.3) is 5.91 Å². The molecule has 6 heteroatoms. The van der Waals surface area contributed by atoms with Gasteiger partial charge in [-0.05, 0) is 68.7 Å². The molecule has 186 valence electrons. The van der Waals surface area contributed by atoms with Gasteiger partial charge < -0.3 is 10.2 Å². The molecule has 1 aromatic carbocycles. The first-order valence-corrected chi connectivity index (χ1v) is 13.1. The van der Waals surface area contributed by atoms with Crippen LogP contribution < -0.4 is 10.6 Å². The molecule has 6 nitrogen and oxygen atoms in total. The molecule has 0 aliphatic carbocycles. The van der Waals surface area contributed by atoms with Crippen LogP contribution in [0.1, 0.15) is 99.5 Å². The summed E-state index contributed by atoms with van der Waals surface area (Å²) < 4.78 is 0. The van der Waals surface area contributed by atoms with E-state index in [2.05, 4.69) is 37.1 Å². The number of imide groups is 1. The number of piperidine rings is 1. The summed E-state index contributed by atoms with van der Waals surface area (Å²) >= 11 is 0. The van der Waals surface area contributed by atoms with Crippen molar-refractivity contribution in [1.82, 2.24) is 15.5 Å². The molecule has 0 saturated carbocycles.